The zero-order valence-corrected chi connectivity index (χ0v) is 29.4. The molecule has 42 heavy (non-hydrogen) atoms. The molecule has 0 bridgehead atoms. The molecule has 0 N–H and O–H groups in total. The third-order valence-corrected chi connectivity index (χ3v) is 10.6. The lowest BCUT2D eigenvalue weighted by Gasteiger charge is -2.53. The zero-order chi connectivity index (χ0) is 31.6. The summed E-state index contributed by atoms with van der Waals surface area (Å²) < 4.78 is 11.8. The average Bonchev–Trinajstić information content (AvgIpc) is 2.85. The lowest BCUT2D eigenvalue weighted by Crippen LogP contribution is -2.60. The van der Waals surface area contributed by atoms with Crippen molar-refractivity contribution in [2.75, 3.05) is 14.1 Å². The van der Waals surface area contributed by atoms with Gasteiger partial charge < -0.3 is 9.47 Å². The Bertz CT molecular complexity index is 730. The van der Waals surface area contributed by atoms with E-state index in [1.807, 2.05) is 0 Å². The number of esters is 2. The van der Waals surface area contributed by atoms with Crippen LogP contribution in [-0.2, 0) is 19.1 Å². The van der Waals surface area contributed by atoms with E-state index in [2.05, 4.69) is 79.3 Å². The zero-order valence-electron chi connectivity index (χ0n) is 29.4. The predicted molar refractivity (Wildman–Crippen MR) is 175 cm³/mol. The van der Waals surface area contributed by atoms with Crippen LogP contribution in [0.4, 0.5) is 0 Å². The van der Waals surface area contributed by atoms with Crippen LogP contribution in [0.1, 0.15) is 171 Å². The van der Waals surface area contributed by atoms with Crippen LogP contribution in [0.25, 0.3) is 0 Å². The molecule has 0 saturated carbocycles. The van der Waals surface area contributed by atoms with Crippen LogP contribution >= 0.6 is 0 Å². The number of hydrogen-bond donors (Lipinski definition) is 0. The molecule has 0 radical (unpaired) electrons. The van der Waals surface area contributed by atoms with E-state index in [1.54, 1.807) is 0 Å². The van der Waals surface area contributed by atoms with E-state index >= 15 is 0 Å². The van der Waals surface area contributed by atoms with Crippen molar-refractivity contribution in [3.05, 3.63) is 0 Å². The summed E-state index contributed by atoms with van der Waals surface area (Å²) in [5.74, 6) is -0.0308. The molecule has 6 nitrogen and oxygen atoms in total. The maximum Gasteiger partial charge on any atom is 0.306 e. The minimum Gasteiger partial charge on any atom is -0.462 e. The third-order valence-electron chi connectivity index (χ3n) is 10.6. The molecule has 0 aromatic heterocycles. The molecular formula is C36H68N2O4. The van der Waals surface area contributed by atoms with Gasteiger partial charge in [-0.2, -0.15) is 0 Å². The maximum atomic E-state index is 12.4. The van der Waals surface area contributed by atoms with Gasteiger partial charge in [0.1, 0.15) is 12.2 Å². The Morgan fingerprint density at radius 3 is 0.929 bits per heavy atom. The van der Waals surface area contributed by atoms with Crippen molar-refractivity contribution in [3.63, 3.8) is 0 Å². The fourth-order valence-corrected chi connectivity index (χ4v) is 7.52. The molecule has 0 amide bonds. The van der Waals surface area contributed by atoms with Crippen molar-refractivity contribution in [2.45, 2.75) is 205 Å². The van der Waals surface area contributed by atoms with E-state index < -0.39 is 0 Å². The van der Waals surface area contributed by atoms with Crippen LogP contribution in [0.15, 0.2) is 0 Å². The maximum absolute atomic E-state index is 12.4. The van der Waals surface area contributed by atoms with E-state index in [4.69, 9.17) is 9.47 Å². The summed E-state index contributed by atoms with van der Waals surface area (Å²) in [4.78, 5) is 29.7. The number of carbonyl (C=O) groups excluding carboxylic acids is 2. The highest BCUT2D eigenvalue weighted by atomic mass is 16.5. The van der Waals surface area contributed by atoms with Gasteiger partial charge in [-0.3, -0.25) is 19.4 Å². The number of hydrogen-bond acceptors (Lipinski definition) is 6. The van der Waals surface area contributed by atoms with E-state index in [0.717, 1.165) is 51.4 Å². The highest BCUT2D eigenvalue weighted by Gasteiger charge is 2.45. The Balaban J connectivity index is 1.40. The predicted octanol–water partition coefficient (Wildman–Crippen LogP) is 8.84. The SMILES string of the molecule is CN1C(C)(C)CC(OC(=O)CCCCCCCCCCCCCCC(=O)OC2CC(C)(C)N(C)C(C)(C)C2)CC1(C)C. The van der Waals surface area contributed by atoms with Gasteiger partial charge in [-0.1, -0.05) is 64.2 Å². The fourth-order valence-electron chi connectivity index (χ4n) is 7.52. The molecule has 2 aliphatic rings. The molecule has 0 atom stereocenters. The fraction of sp³-hybridized carbons (Fsp3) is 0.944. The topological polar surface area (TPSA) is 59.1 Å². The van der Waals surface area contributed by atoms with Gasteiger partial charge in [-0.15, -0.1) is 0 Å². The van der Waals surface area contributed by atoms with Crippen LogP contribution in [0, 0.1) is 0 Å². The molecule has 2 aliphatic heterocycles. The number of rotatable bonds is 17. The molecule has 0 spiro atoms. The second-order valence-corrected chi connectivity index (χ2v) is 16.2. The van der Waals surface area contributed by atoms with Crippen molar-refractivity contribution < 1.29 is 19.1 Å². The Morgan fingerprint density at radius 1 is 0.476 bits per heavy atom. The first-order chi connectivity index (χ1) is 19.5. The summed E-state index contributed by atoms with van der Waals surface area (Å²) >= 11 is 0. The van der Waals surface area contributed by atoms with Crippen molar-refractivity contribution in [2.24, 2.45) is 0 Å². The van der Waals surface area contributed by atoms with Gasteiger partial charge in [-0.05, 0) is 82.3 Å². The molecule has 2 saturated heterocycles. The van der Waals surface area contributed by atoms with Crippen LogP contribution < -0.4 is 0 Å². The van der Waals surface area contributed by atoms with E-state index in [0.29, 0.717) is 12.8 Å². The largest absolute Gasteiger partial charge is 0.462 e. The Kier molecular flexibility index (Phi) is 14.3. The number of nitrogens with zero attached hydrogens (tertiary/aromatic N) is 2. The Morgan fingerprint density at radius 2 is 0.690 bits per heavy atom. The van der Waals surface area contributed by atoms with Crippen LogP contribution in [0.5, 0.6) is 0 Å². The van der Waals surface area contributed by atoms with Gasteiger partial charge in [0.05, 0.1) is 0 Å². The minimum atomic E-state index is -0.0154. The molecule has 2 heterocycles. The first kappa shape index (κ1) is 37.0. The molecule has 2 fully saturated rings. The number of carbonyl (C=O) groups is 2. The van der Waals surface area contributed by atoms with E-state index in [-0.39, 0.29) is 46.3 Å². The van der Waals surface area contributed by atoms with Crippen molar-refractivity contribution in [1.29, 1.82) is 0 Å². The minimum absolute atomic E-state index is 0.0154. The van der Waals surface area contributed by atoms with Gasteiger partial charge in [0.15, 0.2) is 0 Å². The first-order valence-corrected chi connectivity index (χ1v) is 17.3. The summed E-state index contributed by atoms with van der Waals surface area (Å²) in [5, 5.41) is 0. The quantitative estimate of drug-likeness (QED) is 0.124. The molecule has 0 aromatic rings. The molecule has 246 valence electrons. The normalized spacial score (nSPS) is 22.6. The molecule has 2 rings (SSSR count). The highest BCUT2D eigenvalue weighted by molar-refractivity contribution is 5.69. The summed E-state index contributed by atoms with van der Waals surface area (Å²) in [6, 6.07) is 0. The number of ether oxygens (including phenoxy) is 2. The van der Waals surface area contributed by atoms with Crippen LogP contribution in [-0.4, -0.2) is 70.2 Å². The Labute approximate surface area is 260 Å². The number of unbranched alkanes of at least 4 members (excludes halogenated alkanes) is 11. The average molecular weight is 593 g/mol. The second-order valence-electron chi connectivity index (χ2n) is 16.2. The molecule has 0 aliphatic carbocycles. The molecule has 0 unspecified atom stereocenters. The van der Waals surface area contributed by atoms with Crippen LogP contribution in [0.3, 0.4) is 0 Å². The van der Waals surface area contributed by atoms with E-state index in [9.17, 15) is 9.59 Å². The third kappa shape index (κ3) is 12.1. The number of piperidine rings is 2. The van der Waals surface area contributed by atoms with Crippen molar-refractivity contribution >= 4 is 11.9 Å². The summed E-state index contributed by atoms with van der Waals surface area (Å²) in [7, 11) is 4.36. The van der Waals surface area contributed by atoms with Gasteiger partial charge in [0.25, 0.3) is 0 Å². The van der Waals surface area contributed by atoms with Crippen molar-refractivity contribution in [1.82, 2.24) is 9.80 Å². The van der Waals surface area contributed by atoms with Gasteiger partial charge in [-0.25, -0.2) is 0 Å². The van der Waals surface area contributed by atoms with Crippen LogP contribution in [0.2, 0.25) is 0 Å². The highest BCUT2D eigenvalue weighted by Crippen LogP contribution is 2.39. The Hall–Kier alpha value is -1.14. The molecular weight excluding hydrogens is 524 g/mol. The van der Waals surface area contributed by atoms with Crippen molar-refractivity contribution in [3.8, 4) is 0 Å². The first-order valence-electron chi connectivity index (χ1n) is 17.3. The van der Waals surface area contributed by atoms with E-state index in [1.165, 1.54) is 51.4 Å². The standard InChI is InChI=1S/C36H68N2O4/c1-33(2)25-29(26-34(3,4)37(33)9)41-31(39)23-21-19-17-15-13-11-12-14-16-18-20-22-24-32(40)42-30-27-35(5,6)38(10)36(7,8)28-30/h29-30H,11-28H2,1-10H3. The lowest BCUT2D eigenvalue weighted by atomic mass is 9.78. The van der Waals surface area contributed by atoms with Gasteiger partial charge in [0.2, 0.25) is 0 Å². The molecule has 6 heteroatoms. The number of likely N-dealkylation sites (tertiary alicyclic amines) is 2. The summed E-state index contributed by atoms with van der Waals surface area (Å²) in [6.45, 7) is 18.0. The monoisotopic (exact) mass is 593 g/mol. The second kappa shape index (κ2) is 16.3. The summed E-state index contributed by atoms with van der Waals surface area (Å²) in [5.41, 5.74) is 0.184. The molecule has 0 aromatic carbocycles. The smallest absolute Gasteiger partial charge is 0.306 e. The van der Waals surface area contributed by atoms with Gasteiger partial charge in [0, 0.05) is 60.7 Å². The van der Waals surface area contributed by atoms with Gasteiger partial charge >= 0.3 is 11.9 Å². The summed E-state index contributed by atoms with van der Waals surface area (Å²) in [6.07, 6.45) is 19.1. The lowest BCUT2D eigenvalue weighted by molar-refractivity contribution is -0.160.